The Morgan fingerprint density at radius 3 is 2.77 bits per heavy atom. The van der Waals surface area contributed by atoms with Crippen molar-refractivity contribution in [2.45, 2.75) is 52.0 Å². The molecular formula is C11H21NO. The zero-order valence-electron chi connectivity index (χ0n) is 8.81. The Morgan fingerprint density at radius 1 is 1.54 bits per heavy atom. The first-order valence-corrected chi connectivity index (χ1v) is 5.47. The molecule has 0 amide bonds. The molecule has 76 valence electrons. The van der Waals surface area contributed by atoms with Gasteiger partial charge in [-0.3, -0.25) is 4.79 Å². The van der Waals surface area contributed by atoms with E-state index in [1.807, 2.05) is 0 Å². The number of carbonyl (C=O) groups excluding carboxylic acids is 1. The average Bonchev–Trinajstić information content (AvgIpc) is 2.94. The highest BCUT2D eigenvalue weighted by molar-refractivity contribution is 5.80. The molecule has 1 fully saturated rings. The van der Waals surface area contributed by atoms with E-state index in [4.69, 9.17) is 0 Å². The van der Waals surface area contributed by atoms with Crippen molar-refractivity contribution >= 4 is 5.78 Å². The van der Waals surface area contributed by atoms with E-state index in [2.05, 4.69) is 19.2 Å². The molecule has 1 aliphatic rings. The van der Waals surface area contributed by atoms with Gasteiger partial charge in [-0.15, -0.1) is 0 Å². The minimum Gasteiger partial charge on any atom is -0.308 e. The van der Waals surface area contributed by atoms with Crippen LogP contribution in [0.25, 0.3) is 0 Å². The van der Waals surface area contributed by atoms with Gasteiger partial charge in [0.15, 0.2) is 0 Å². The van der Waals surface area contributed by atoms with E-state index in [0.717, 1.165) is 25.2 Å². The molecule has 0 heterocycles. The number of hydrogen-bond donors (Lipinski definition) is 1. The Balaban J connectivity index is 1.96. The lowest BCUT2D eigenvalue weighted by atomic mass is 10.1. The normalized spacial score (nSPS) is 18.6. The first-order chi connectivity index (χ1) is 6.22. The first-order valence-electron chi connectivity index (χ1n) is 5.47. The third-order valence-corrected chi connectivity index (χ3v) is 2.79. The summed E-state index contributed by atoms with van der Waals surface area (Å²) in [6, 6.07) is 0.477. The van der Waals surface area contributed by atoms with Crippen LogP contribution < -0.4 is 5.32 Å². The summed E-state index contributed by atoms with van der Waals surface area (Å²) in [5.41, 5.74) is 0. The minimum absolute atomic E-state index is 0.382. The van der Waals surface area contributed by atoms with E-state index in [9.17, 15) is 4.79 Å². The summed E-state index contributed by atoms with van der Waals surface area (Å²) in [5, 5.41) is 3.23. The highest BCUT2D eigenvalue weighted by atomic mass is 16.1. The molecule has 2 nitrogen and oxygen atoms in total. The molecule has 0 aromatic heterocycles. The molecule has 1 aliphatic carbocycles. The monoisotopic (exact) mass is 183 g/mol. The van der Waals surface area contributed by atoms with E-state index in [1.165, 1.54) is 12.8 Å². The second-order valence-electron chi connectivity index (χ2n) is 4.21. The van der Waals surface area contributed by atoms with Crippen LogP contribution in [0.15, 0.2) is 0 Å². The van der Waals surface area contributed by atoms with Crippen LogP contribution in [0.1, 0.15) is 46.0 Å². The number of rotatable bonds is 7. The van der Waals surface area contributed by atoms with Crippen molar-refractivity contribution in [1.29, 1.82) is 0 Å². The van der Waals surface area contributed by atoms with Gasteiger partial charge in [-0.25, -0.2) is 0 Å². The van der Waals surface area contributed by atoms with Crippen molar-refractivity contribution < 1.29 is 4.79 Å². The standard InChI is InChI=1S/C11H21NO/c1-3-9(2)12-8-11(13)7-6-10-4-5-10/h9-10,12H,3-8H2,1-2H3. The predicted molar refractivity (Wildman–Crippen MR) is 54.7 cm³/mol. The molecule has 0 aromatic rings. The lowest BCUT2D eigenvalue weighted by Crippen LogP contribution is -2.30. The van der Waals surface area contributed by atoms with Crippen molar-refractivity contribution in [1.82, 2.24) is 5.32 Å². The van der Waals surface area contributed by atoms with Gasteiger partial charge in [0, 0.05) is 12.5 Å². The van der Waals surface area contributed by atoms with Crippen molar-refractivity contribution in [3.8, 4) is 0 Å². The molecule has 1 atom stereocenters. The highest BCUT2D eigenvalue weighted by Crippen LogP contribution is 2.33. The van der Waals surface area contributed by atoms with Crippen molar-refractivity contribution in [3.63, 3.8) is 0 Å². The molecule has 13 heavy (non-hydrogen) atoms. The summed E-state index contributed by atoms with van der Waals surface area (Å²) < 4.78 is 0. The molecular weight excluding hydrogens is 162 g/mol. The third kappa shape index (κ3) is 5.04. The van der Waals surface area contributed by atoms with E-state index >= 15 is 0 Å². The lowest BCUT2D eigenvalue weighted by Gasteiger charge is -2.09. The fraction of sp³-hybridized carbons (Fsp3) is 0.909. The van der Waals surface area contributed by atoms with Crippen molar-refractivity contribution in [2.24, 2.45) is 5.92 Å². The molecule has 1 rings (SSSR count). The smallest absolute Gasteiger partial charge is 0.146 e. The Kier molecular flexibility index (Phi) is 4.43. The number of hydrogen-bond acceptors (Lipinski definition) is 2. The Morgan fingerprint density at radius 2 is 2.23 bits per heavy atom. The SMILES string of the molecule is CCC(C)NCC(=O)CCC1CC1. The van der Waals surface area contributed by atoms with Crippen LogP contribution in [0.3, 0.4) is 0 Å². The molecule has 0 aliphatic heterocycles. The zero-order valence-corrected chi connectivity index (χ0v) is 8.81. The molecule has 0 bridgehead atoms. The van der Waals surface area contributed by atoms with E-state index in [0.29, 0.717) is 18.4 Å². The maximum Gasteiger partial charge on any atom is 0.146 e. The molecule has 1 saturated carbocycles. The van der Waals surface area contributed by atoms with E-state index < -0.39 is 0 Å². The molecule has 0 saturated heterocycles. The van der Waals surface area contributed by atoms with Crippen LogP contribution in [0.5, 0.6) is 0 Å². The van der Waals surface area contributed by atoms with Gasteiger partial charge in [-0.05, 0) is 25.7 Å². The zero-order chi connectivity index (χ0) is 9.68. The Bertz CT molecular complexity index is 163. The van der Waals surface area contributed by atoms with Gasteiger partial charge >= 0.3 is 0 Å². The van der Waals surface area contributed by atoms with Gasteiger partial charge in [0.1, 0.15) is 5.78 Å². The summed E-state index contributed by atoms with van der Waals surface area (Å²) in [6.07, 6.45) is 5.71. The van der Waals surface area contributed by atoms with E-state index in [-0.39, 0.29) is 0 Å². The van der Waals surface area contributed by atoms with Crippen molar-refractivity contribution in [3.05, 3.63) is 0 Å². The van der Waals surface area contributed by atoms with Gasteiger partial charge in [-0.1, -0.05) is 19.8 Å². The number of carbonyl (C=O) groups is 1. The fourth-order valence-electron chi connectivity index (χ4n) is 1.29. The van der Waals surface area contributed by atoms with Crippen LogP contribution in [-0.2, 0) is 4.79 Å². The van der Waals surface area contributed by atoms with Crippen LogP contribution in [0.4, 0.5) is 0 Å². The summed E-state index contributed by atoms with van der Waals surface area (Å²) in [7, 11) is 0. The number of nitrogens with one attached hydrogen (secondary N) is 1. The highest BCUT2D eigenvalue weighted by Gasteiger charge is 2.21. The minimum atomic E-state index is 0.382. The summed E-state index contributed by atoms with van der Waals surface area (Å²) in [6.45, 7) is 4.82. The maximum absolute atomic E-state index is 11.3. The van der Waals surface area contributed by atoms with Gasteiger partial charge < -0.3 is 5.32 Å². The average molecular weight is 183 g/mol. The predicted octanol–water partition coefficient (Wildman–Crippen LogP) is 2.13. The van der Waals surface area contributed by atoms with Crippen LogP contribution >= 0.6 is 0 Å². The van der Waals surface area contributed by atoms with Crippen LogP contribution in [-0.4, -0.2) is 18.4 Å². The lowest BCUT2D eigenvalue weighted by molar-refractivity contribution is -0.118. The topological polar surface area (TPSA) is 29.1 Å². The van der Waals surface area contributed by atoms with Gasteiger partial charge in [0.05, 0.1) is 6.54 Å². The Labute approximate surface area is 81.1 Å². The maximum atomic E-state index is 11.3. The van der Waals surface area contributed by atoms with Crippen LogP contribution in [0.2, 0.25) is 0 Å². The molecule has 1 unspecified atom stereocenters. The Hall–Kier alpha value is -0.370. The van der Waals surface area contributed by atoms with Gasteiger partial charge in [0.25, 0.3) is 0 Å². The van der Waals surface area contributed by atoms with E-state index in [1.54, 1.807) is 0 Å². The third-order valence-electron chi connectivity index (χ3n) is 2.79. The molecule has 0 radical (unpaired) electrons. The second-order valence-corrected chi connectivity index (χ2v) is 4.21. The molecule has 0 spiro atoms. The summed E-state index contributed by atoms with van der Waals surface area (Å²) >= 11 is 0. The fourth-order valence-corrected chi connectivity index (χ4v) is 1.29. The molecule has 1 N–H and O–H groups in total. The molecule has 2 heteroatoms. The number of ketones is 1. The molecule has 0 aromatic carbocycles. The summed E-state index contributed by atoms with van der Waals surface area (Å²) in [4.78, 5) is 11.3. The van der Waals surface area contributed by atoms with Crippen LogP contribution in [0, 0.1) is 5.92 Å². The summed E-state index contributed by atoms with van der Waals surface area (Å²) in [5.74, 6) is 1.26. The van der Waals surface area contributed by atoms with Gasteiger partial charge in [0.2, 0.25) is 0 Å². The van der Waals surface area contributed by atoms with Gasteiger partial charge in [-0.2, -0.15) is 0 Å². The largest absolute Gasteiger partial charge is 0.308 e. The number of Topliss-reactive ketones (excluding diaryl/α,β-unsaturated/α-hetero) is 1. The van der Waals surface area contributed by atoms with Crippen molar-refractivity contribution in [2.75, 3.05) is 6.54 Å². The quantitative estimate of drug-likeness (QED) is 0.655. The second kappa shape index (κ2) is 5.38. The first kappa shape index (κ1) is 10.7.